The average molecular weight is 335 g/mol. The SMILES string of the molecule is CC(=O)N[C@H]1CN(C(=O)N2Cc3cccc(F)c3C2)C[C@H]1C(=O)O. The lowest BCUT2D eigenvalue weighted by atomic mass is 10.0. The molecule has 128 valence electrons. The number of carboxylic acids is 1. The maximum atomic E-state index is 13.8. The van der Waals surface area contributed by atoms with E-state index in [1.807, 2.05) is 0 Å². The minimum atomic E-state index is -1.06. The number of aliphatic carboxylic acids is 1. The van der Waals surface area contributed by atoms with Crippen LogP contribution in [0.3, 0.4) is 0 Å². The van der Waals surface area contributed by atoms with E-state index < -0.39 is 17.9 Å². The first-order valence-corrected chi connectivity index (χ1v) is 7.67. The quantitative estimate of drug-likeness (QED) is 0.836. The monoisotopic (exact) mass is 335 g/mol. The van der Waals surface area contributed by atoms with Crippen molar-refractivity contribution in [3.05, 3.63) is 35.1 Å². The minimum absolute atomic E-state index is 0.0223. The van der Waals surface area contributed by atoms with Crippen molar-refractivity contribution in [3.8, 4) is 0 Å². The van der Waals surface area contributed by atoms with E-state index in [0.29, 0.717) is 12.1 Å². The van der Waals surface area contributed by atoms with Gasteiger partial charge in [-0.15, -0.1) is 0 Å². The van der Waals surface area contributed by atoms with Gasteiger partial charge in [0.25, 0.3) is 0 Å². The molecule has 2 aliphatic heterocycles. The molecule has 0 bridgehead atoms. The van der Waals surface area contributed by atoms with E-state index in [1.165, 1.54) is 22.8 Å². The van der Waals surface area contributed by atoms with Crippen molar-refractivity contribution >= 4 is 17.9 Å². The number of nitrogens with zero attached hydrogens (tertiary/aromatic N) is 2. The first-order valence-electron chi connectivity index (χ1n) is 7.67. The lowest BCUT2D eigenvalue weighted by Crippen LogP contribution is -2.43. The molecule has 8 heteroatoms. The molecule has 0 saturated carbocycles. The fourth-order valence-electron chi connectivity index (χ4n) is 3.33. The fraction of sp³-hybridized carbons (Fsp3) is 0.438. The number of fused-ring (bicyclic) bond motifs is 1. The third-order valence-corrected chi connectivity index (χ3v) is 4.49. The summed E-state index contributed by atoms with van der Waals surface area (Å²) in [5, 5.41) is 11.9. The second-order valence-corrected chi connectivity index (χ2v) is 6.17. The van der Waals surface area contributed by atoms with Crippen LogP contribution in [-0.2, 0) is 22.7 Å². The van der Waals surface area contributed by atoms with Crippen LogP contribution in [0.1, 0.15) is 18.1 Å². The number of carbonyl (C=O) groups excluding carboxylic acids is 2. The summed E-state index contributed by atoms with van der Waals surface area (Å²) >= 11 is 0. The van der Waals surface area contributed by atoms with E-state index in [4.69, 9.17) is 0 Å². The molecule has 0 radical (unpaired) electrons. The van der Waals surface area contributed by atoms with Crippen molar-refractivity contribution in [3.63, 3.8) is 0 Å². The molecule has 1 aromatic carbocycles. The molecule has 0 unspecified atom stereocenters. The maximum Gasteiger partial charge on any atom is 0.320 e. The van der Waals surface area contributed by atoms with Gasteiger partial charge in [0.05, 0.1) is 18.5 Å². The zero-order valence-electron chi connectivity index (χ0n) is 13.2. The summed E-state index contributed by atoms with van der Waals surface area (Å²) in [5.41, 5.74) is 1.26. The first kappa shape index (κ1) is 16.2. The zero-order valence-corrected chi connectivity index (χ0v) is 13.2. The highest BCUT2D eigenvalue weighted by molar-refractivity contribution is 5.80. The molecule has 1 aromatic rings. The van der Waals surface area contributed by atoms with Crippen LogP contribution < -0.4 is 5.32 Å². The Morgan fingerprint density at radius 1 is 1.21 bits per heavy atom. The van der Waals surface area contributed by atoms with Crippen molar-refractivity contribution in [1.82, 2.24) is 15.1 Å². The highest BCUT2D eigenvalue weighted by Gasteiger charge is 2.42. The Bertz CT molecular complexity index is 709. The highest BCUT2D eigenvalue weighted by Crippen LogP contribution is 2.27. The van der Waals surface area contributed by atoms with Gasteiger partial charge < -0.3 is 20.2 Å². The average Bonchev–Trinajstić information content (AvgIpc) is 3.11. The zero-order chi connectivity index (χ0) is 17.4. The minimum Gasteiger partial charge on any atom is -0.481 e. The summed E-state index contributed by atoms with van der Waals surface area (Å²) in [6, 6.07) is 3.77. The van der Waals surface area contributed by atoms with Crippen LogP contribution in [0.4, 0.5) is 9.18 Å². The number of hydrogen-bond acceptors (Lipinski definition) is 3. The molecule has 3 amide bonds. The third kappa shape index (κ3) is 2.91. The van der Waals surface area contributed by atoms with Gasteiger partial charge in [0.1, 0.15) is 5.82 Å². The fourth-order valence-corrected chi connectivity index (χ4v) is 3.33. The highest BCUT2D eigenvalue weighted by atomic mass is 19.1. The molecule has 3 rings (SSSR count). The van der Waals surface area contributed by atoms with E-state index >= 15 is 0 Å². The van der Waals surface area contributed by atoms with Gasteiger partial charge in [0.2, 0.25) is 5.91 Å². The van der Waals surface area contributed by atoms with Gasteiger partial charge in [0, 0.05) is 32.1 Å². The van der Waals surface area contributed by atoms with Gasteiger partial charge in [-0.25, -0.2) is 9.18 Å². The normalized spacial score (nSPS) is 22.4. The number of carbonyl (C=O) groups is 3. The van der Waals surface area contributed by atoms with Crippen molar-refractivity contribution in [2.24, 2.45) is 5.92 Å². The molecule has 0 aromatic heterocycles. The Hall–Kier alpha value is -2.64. The van der Waals surface area contributed by atoms with Gasteiger partial charge in [-0.2, -0.15) is 0 Å². The van der Waals surface area contributed by atoms with Crippen molar-refractivity contribution in [2.75, 3.05) is 13.1 Å². The Kier molecular flexibility index (Phi) is 4.13. The second kappa shape index (κ2) is 6.10. The predicted molar refractivity (Wildman–Crippen MR) is 81.3 cm³/mol. The molecular weight excluding hydrogens is 317 g/mol. The lowest BCUT2D eigenvalue weighted by Gasteiger charge is -2.24. The summed E-state index contributed by atoms with van der Waals surface area (Å²) in [7, 11) is 0. The van der Waals surface area contributed by atoms with E-state index in [1.54, 1.807) is 12.1 Å². The lowest BCUT2D eigenvalue weighted by molar-refractivity contribution is -0.141. The number of halogens is 1. The Labute approximate surface area is 138 Å². The molecule has 2 heterocycles. The van der Waals surface area contributed by atoms with E-state index in [9.17, 15) is 23.9 Å². The number of carboxylic acid groups (broad SMARTS) is 1. The summed E-state index contributed by atoms with van der Waals surface area (Å²) in [6.07, 6.45) is 0. The van der Waals surface area contributed by atoms with E-state index in [2.05, 4.69) is 5.32 Å². The molecule has 1 saturated heterocycles. The van der Waals surface area contributed by atoms with Crippen molar-refractivity contribution < 1.29 is 23.9 Å². The van der Waals surface area contributed by atoms with Gasteiger partial charge in [-0.05, 0) is 11.6 Å². The van der Waals surface area contributed by atoms with Crippen LogP contribution in [0.2, 0.25) is 0 Å². The number of hydrogen-bond donors (Lipinski definition) is 2. The molecule has 2 N–H and O–H groups in total. The van der Waals surface area contributed by atoms with Gasteiger partial charge in [-0.1, -0.05) is 12.1 Å². The number of benzene rings is 1. The van der Waals surface area contributed by atoms with Crippen molar-refractivity contribution in [2.45, 2.75) is 26.1 Å². The largest absolute Gasteiger partial charge is 0.481 e. The number of likely N-dealkylation sites (tertiary alicyclic amines) is 1. The summed E-state index contributed by atoms with van der Waals surface area (Å²) < 4.78 is 13.8. The van der Waals surface area contributed by atoms with E-state index in [-0.39, 0.29) is 37.4 Å². The van der Waals surface area contributed by atoms with Crippen LogP contribution >= 0.6 is 0 Å². The van der Waals surface area contributed by atoms with Crippen molar-refractivity contribution in [1.29, 1.82) is 0 Å². The number of nitrogens with one attached hydrogen (secondary N) is 1. The maximum absolute atomic E-state index is 13.8. The number of urea groups is 1. The Morgan fingerprint density at radius 3 is 2.58 bits per heavy atom. The topological polar surface area (TPSA) is 90.0 Å². The van der Waals surface area contributed by atoms with E-state index in [0.717, 1.165) is 5.56 Å². The molecule has 1 fully saturated rings. The van der Waals surface area contributed by atoms with Crippen LogP contribution in [0, 0.1) is 11.7 Å². The standard InChI is InChI=1S/C16H18FN3O4/c1-9(21)18-14-8-20(7-12(14)15(22)23)16(24)19-5-10-3-2-4-13(17)11(10)6-19/h2-4,12,14H,5-8H2,1H3,(H,18,21)(H,22,23)/t12-,14+/m1/s1. The molecule has 0 spiro atoms. The Balaban J connectivity index is 1.71. The summed E-state index contributed by atoms with van der Waals surface area (Å²) in [4.78, 5) is 38.1. The first-order chi connectivity index (χ1) is 11.4. The van der Waals surface area contributed by atoms with Gasteiger partial charge in [-0.3, -0.25) is 9.59 Å². The summed E-state index contributed by atoms with van der Waals surface area (Å²) in [6.45, 7) is 1.92. The van der Waals surface area contributed by atoms with Gasteiger partial charge >= 0.3 is 12.0 Å². The second-order valence-electron chi connectivity index (χ2n) is 6.17. The molecule has 0 aliphatic carbocycles. The number of amides is 3. The molecule has 2 aliphatic rings. The smallest absolute Gasteiger partial charge is 0.320 e. The molecule has 2 atom stereocenters. The third-order valence-electron chi connectivity index (χ3n) is 4.49. The van der Waals surface area contributed by atoms with Crippen LogP contribution in [0.5, 0.6) is 0 Å². The predicted octanol–water partition coefficient (Wildman–Crippen LogP) is 0.782. The molecular formula is C16H18FN3O4. The van der Waals surface area contributed by atoms with Crippen LogP contribution in [0.25, 0.3) is 0 Å². The summed E-state index contributed by atoms with van der Waals surface area (Å²) in [5.74, 6) is -2.58. The van der Waals surface area contributed by atoms with Crippen LogP contribution in [-0.4, -0.2) is 51.9 Å². The molecule has 24 heavy (non-hydrogen) atoms. The molecule has 7 nitrogen and oxygen atoms in total. The van der Waals surface area contributed by atoms with Gasteiger partial charge in [0.15, 0.2) is 0 Å². The Morgan fingerprint density at radius 2 is 1.96 bits per heavy atom. The number of rotatable bonds is 2. The van der Waals surface area contributed by atoms with Crippen LogP contribution in [0.15, 0.2) is 18.2 Å².